The van der Waals surface area contributed by atoms with Crippen LogP contribution in [-0.4, -0.2) is 38.0 Å². The van der Waals surface area contributed by atoms with Crippen LogP contribution >= 0.6 is 0 Å². The summed E-state index contributed by atoms with van der Waals surface area (Å²) in [4.78, 5) is 44.5. The first-order valence-electron chi connectivity index (χ1n) is 9.31. The maximum Gasteiger partial charge on any atom is 0.303 e. The van der Waals surface area contributed by atoms with E-state index in [2.05, 4.69) is 20.3 Å². The molecule has 0 aliphatic rings. The summed E-state index contributed by atoms with van der Waals surface area (Å²) in [5.74, 6) is -1.05. The second-order valence-corrected chi connectivity index (χ2v) is 6.99. The monoisotopic (exact) mass is 397 g/mol. The molecule has 0 aliphatic heterocycles. The number of carboxylic acid groups (broad SMARTS) is 1. The van der Waals surface area contributed by atoms with E-state index < -0.39 is 5.97 Å². The summed E-state index contributed by atoms with van der Waals surface area (Å²) in [5, 5.41) is 12.0. The van der Waals surface area contributed by atoms with Crippen LogP contribution in [0, 0.1) is 0 Å². The minimum absolute atomic E-state index is 0.0131. The lowest BCUT2D eigenvalue weighted by molar-refractivity contribution is -0.137. The summed E-state index contributed by atoms with van der Waals surface area (Å²) in [7, 11) is 0. The van der Waals surface area contributed by atoms with Crippen molar-refractivity contribution in [3.8, 4) is 0 Å². The van der Waals surface area contributed by atoms with E-state index in [-0.39, 0.29) is 29.9 Å². The van der Waals surface area contributed by atoms with E-state index in [1.54, 1.807) is 25.3 Å². The SMILES string of the molecule is C[C@H](CCC(=O)O)NC(=O)c1ccc(CCc2c[nH]c3nc(N)[nH]c(=O)c23)cc1. The number of aromatic nitrogens is 3. The van der Waals surface area contributed by atoms with Crippen LogP contribution in [-0.2, 0) is 17.6 Å². The summed E-state index contributed by atoms with van der Waals surface area (Å²) in [6.07, 6.45) is 3.47. The summed E-state index contributed by atoms with van der Waals surface area (Å²) in [6.45, 7) is 1.78. The van der Waals surface area contributed by atoms with Gasteiger partial charge in [-0.2, -0.15) is 4.98 Å². The van der Waals surface area contributed by atoms with Crippen LogP contribution in [0.1, 0.15) is 41.3 Å². The zero-order valence-corrected chi connectivity index (χ0v) is 16.0. The van der Waals surface area contributed by atoms with E-state index in [0.717, 1.165) is 11.1 Å². The van der Waals surface area contributed by atoms with Gasteiger partial charge < -0.3 is 21.1 Å². The summed E-state index contributed by atoms with van der Waals surface area (Å²) in [6, 6.07) is 6.98. The lowest BCUT2D eigenvalue weighted by atomic mass is 10.0. The molecule has 0 saturated carbocycles. The molecule has 0 fully saturated rings. The summed E-state index contributed by atoms with van der Waals surface area (Å²) in [5.41, 5.74) is 8.13. The molecule has 2 aromatic heterocycles. The number of nitrogens with one attached hydrogen (secondary N) is 3. The Bertz CT molecular complexity index is 1080. The van der Waals surface area contributed by atoms with Crippen LogP contribution in [0.25, 0.3) is 11.0 Å². The van der Waals surface area contributed by atoms with Gasteiger partial charge in [0.15, 0.2) is 0 Å². The number of hydrogen-bond donors (Lipinski definition) is 5. The molecule has 0 saturated heterocycles. The van der Waals surface area contributed by atoms with E-state index in [1.807, 2.05) is 12.1 Å². The van der Waals surface area contributed by atoms with Gasteiger partial charge in [0, 0.05) is 24.2 Å². The number of benzene rings is 1. The Hall–Kier alpha value is -3.62. The summed E-state index contributed by atoms with van der Waals surface area (Å²) < 4.78 is 0. The Balaban J connectivity index is 1.60. The Labute approximate surface area is 166 Å². The number of nitrogen functional groups attached to an aromatic ring is 1. The maximum atomic E-state index is 12.2. The fourth-order valence-corrected chi connectivity index (χ4v) is 3.14. The number of nitrogens with two attached hydrogens (primary N) is 1. The predicted octanol–water partition coefficient (Wildman–Crippen LogP) is 1.60. The van der Waals surface area contributed by atoms with Gasteiger partial charge in [-0.15, -0.1) is 0 Å². The minimum atomic E-state index is -0.883. The van der Waals surface area contributed by atoms with Crippen molar-refractivity contribution >= 4 is 28.9 Å². The lowest BCUT2D eigenvalue weighted by Gasteiger charge is -2.13. The van der Waals surface area contributed by atoms with Gasteiger partial charge in [-0.05, 0) is 49.4 Å². The first-order valence-corrected chi connectivity index (χ1v) is 9.31. The Morgan fingerprint density at radius 2 is 1.97 bits per heavy atom. The fourth-order valence-electron chi connectivity index (χ4n) is 3.14. The van der Waals surface area contributed by atoms with Crippen molar-refractivity contribution in [2.24, 2.45) is 0 Å². The van der Waals surface area contributed by atoms with E-state index in [9.17, 15) is 14.4 Å². The fraction of sp³-hybridized carbons (Fsp3) is 0.300. The van der Waals surface area contributed by atoms with Gasteiger partial charge in [-0.1, -0.05) is 12.1 Å². The number of nitrogens with zero attached hydrogens (tertiary/aromatic N) is 1. The molecule has 29 heavy (non-hydrogen) atoms. The number of H-pyrrole nitrogens is 2. The van der Waals surface area contributed by atoms with Crippen LogP contribution < -0.4 is 16.6 Å². The molecule has 1 aromatic carbocycles. The highest BCUT2D eigenvalue weighted by Gasteiger charge is 2.12. The van der Waals surface area contributed by atoms with Gasteiger partial charge in [0.05, 0.1) is 5.39 Å². The third-order valence-corrected chi connectivity index (χ3v) is 4.71. The van der Waals surface area contributed by atoms with Gasteiger partial charge in [0.25, 0.3) is 11.5 Å². The molecule has 1 amide bonds. The number of carboxylic acids is 1. The highest BCUT2D eigenvalue weighted by Crippen LogP contribution is 2.16. The third-order valence-electron chi connectivity index (χ3n) is 4.71. The average Bonchev–Trinajstić information content (AvgIpc) is 3.08. The first-order chi connectivity index (χ1) is 13.8. The standard InChI is InChI=1S/C20H23N5O4/c1-11(2-9-15(26)27)23-18(28)13-6-3-12(4-7-13)5-8-14-10-22-17-16(14)19(29)25-20(21)24-17/h3-4,6-7,10-11H,2,5,8-9H2,1H3,(H,23,28)(H,26,27)(H4,21,22,24,25,29)/t11-/m1/s1. The van der Waals surface area contributed by atoms with Crippen molar-refractivity contribution in [3.63, 3.8) is 0 Å². The van der Waals surface area contributed by atoms with E-state index in [4.69, 9.17) is 10.8 Å². The number of aromatic amines is 2. The Kier molecular flexibility index (Phi) is 5.96. The van der Waals surface area contributed by atoms with Gasteiger partial charge in [-0.3, -0.25) is 19.4 Å². The van der Waals surface area contributed by atoms with Gasteiger partial charge in [0.1, 0.15) is 5.65 Å². The average molecular weight is 397 g/mol. The second kappa shape index (κ2) is 8.59. The van der Waals surface area contributed by atoms with Crippen LogP contribution in [0.2, 0.25) is 0 Å². The Morgan fingerprint density at radius 3 is 2.66 bits per heavy atom. The number of amides is 1. The van der Waals surface area contributed by atoms with Crippen LogP contribution in [0.15, 0.2) is 35.3 Å². The number of fused-ring (bicyclic) bond motifs is 1. The summed E-state index contributed by atoms with van der Waals surface area (Å²) >= 11 is 0. The molecule has 0 aliphatic carbocycles. The normalized spacial score (nSPS) is 12.0. The van der Waals surface area contributed by atoms with Crippen molar-refractivity contribution in [3.05, 3.63) is 57.5 Å². The van der Waals surface area contributed by atoms with Crippen molar-refractivity contribution in [2.75, 3.05) is 5.73 Å². The highest BCUT2D eigenvalue weighted by atomic mass is 16.4. The molecule has 9 heteroatoms. The number of aliphatic carboxylic acids is 1. The molecular weight excluding hydrogens is 374 g/mol. The number of rotatable bonds is 8. The minimum Gasteiger partial charge on any atom is -0.481 e. The number of anilines is 1. The molecule has 0 unspecified atom stereocenters. The van der Waals surface area contributed by atoms with Crippen molar-refractivity contribution in [1.29, 1.82) is 0 Å². The smallest absolute Gasteiger partial charge is 0.303 e. The van der Waals surface area contributed by atoms with Crippen LogP contribution in [0.5, 0.6) is 0 Å². The predicted molar refractivity (Wildman–Crippen MR) is 109 cm³/mol. The number of aryl methyl sites for hydroxylation is 2. The molecule has 3 aromatic rings. The van der Waals surface area contributed by atoms with Crippen molar-refractivity contribution in [2.45, 2.75) is 38.6 Å². The lowest BCUT2D eigenvalue weighted by Crippen LogP contribution is -2.32. The van der Waals surface area contributed by atoms with E-state index >= 15 is 0 Å². The topological polar surface area (TPSA) is 154 Å². The van der Waals surface area contributed by atoms with Gasteiger partial charge in [0.2, 0.25) is 5.95 Å². The third kappa shape index (κ3) is 5.01. The maximum absolute atomic E-state index is 12.2. The van der Waals surface area contributed by atoms with Crippen molar-refractivity contribution in [1.82, 2.24) is 20.3 Å². The molecule has 152 valence electrons. The zero-order chi connectivity index (χ0) is 21.0. The number of carbonyl (C=O) groups excluding carboxylic acids is 1. The van der Waals surface area contributed by atoms with E-state index in [1.165, 1.54) is 0 Å². The number of hydrogen-bond acceptors (Lipinski definition) is 5. The molecule has 0 bridgehead atoms. The zero-order valence-electron chi connectivity index (χ0n) is 16.0. The quantitative estimate of drug-likeness (QED) is 0.389. The largest absolute Gasteiger partial charge is 0.481 e. The molecule has 0 radical (unpaired) electrons. The molecule has 2 heterocycles. The first kappa shape index (κ1) is 20.1. The molecule has 0 spiro atoms. The van der Waals surface area contributed by atoms with Gasteiger partial charge >= 0.3 is 5.97 Å². The molecule has 6 N–H and O–H groups in total. The highest BCUT2D eigenvalue weighted by molar-refractivity contribution is 5.94. The molecular formula is C20H23N5O4. The van der Waals surface area contributed by atoms with E-state index in [0.29, 0.717) is 35.9 Å². The Morgan fingerprint density at radius 1 is 1.24 bits per heavy atom. The van der Waals surface area contributed by atoms with Crippen LogP contribution in [0.4, 0.5) is 5.95 Å². The molecule has 3 rings (SSSR count). The molecule has 9 nitrogen and oxygen atoms in total. The van der Waals surface area contributed by atoms with Crippen LogP contribution in [0.3, 0.4) is 0 Å². The second-order valence-electron chi connectivity index (χ2n) is 6.99. The van der Waals surface area contributed by atoms with Gasteiger partial charge in [-0.25, -0.2) is 0 Å². The number of carbonyl (C=O) groups is 2. The van der Waals surface area contributed by atoms with Crippen molar-refractivity contribution < 1.29 is 14.7 Å². The molecule has 1 atom stereocenters.